The van der Waals surface area contributed by atoms with Crippen molar-refractivity contribution >= 4 is 5.91 Å². The van der Waals surface area contributed by atoms with E-state index in [1.807, 2.05) is 44.2 Å². The summed E-state index contributed by atoms with van der Waals surface area (Å²) in [5, 5.41) is 3.92. The molecule has 158 valence electrons. The van der Waals surface area contributed by atoms with Crippen LogP contribution in [0.4, 0.5) is 0 Å². The van der Waals surface area contributed by atoms with Crippen LogP contribution in [0.5, 0.6) is 17.2 Å². The number of carbonyl (C=O) groups excluding carboxylic acids is 1. The van der Waals surface area contributed by atoms with Gasteiger partial charge in [0.2, 0.25) is 0 Å². The maximum absolute atomic E-state index is 12.8. The number of benzene rings is 2. The van der Waals surface area contributed by atoms with E-state index in [-0.39, 0.29) is 5.91 Å². The fraction of sp³-hybridized carbons (Fsp3) is 0.304. The van der Waals surface area contributed by atoms with Crippen LogP contribution in [0, 0.1) is 13.8 Å². The zero-order valence-corrected chi connectivity index (χ0v) is 17.7. The molecule has 0 spiro atoms. The van der Waals surface area contributed by atoms with E-state index in [9.17, 15) is 4.79 Å². The third kappa shape index (κ3) is 5.11. The SMILES string of the molecule is COc1cc(C(=O)N(C)CCOc2ccccc2)ccc1OCc1c(C)noc1C. The molecule has 3 rings (SSSR count). The van der Waals surface area contributed by atoms with Gasteiger partial charge in [0.25, 0.3) is 5.91 Å². The molecule has 0 N–H and O–H groups in total. The zero-order valence-electron chi connectivity index (χ0n) is 17.7. The highest BCUT2D eigenvalue weighted by molar-refractivity contribution is 5.94. The van der Waals surface area contributed by atoms with Crippen LogP contribution in [0.15, 0.2) is 53.1 Å². The minimum atomic E-state index is -0.123. The van der Waals surface area contributed by atoms with E-state index in [0.29, 0.717) is 36.8 Å². The first-order valence-corrected chi connectivity index (χ1v) is 9.65. The van der Waals surface area contributed by atoms with Gasteiger partial charge in [0.05, 0.1) is 24.9 Å². The number of amides is 1. The van der Waals surface area contributed by atoms with Crippen LogP contribution in [0.25, 0.3) is 0 Å². The second kappa shape index (κ2) is 9.82. The van der Waals surface area contributed by atoms with Crippen molar-refractivity contribution in [2.24, 2.45) is 0 Å². The first-order valence-electron chi connectivity index (χ1n) is 9.65. The monoisotopic (exact) mass is 410 g/mol. The highest BCUT2D eigenvalue weighted by Crippen LogP contribution is 2.30. The average molecular weight is 410 g/mol. The minimum absolute atomic E-state index is 0.123. The van der Waals surface area contributed by atoms with E-state index in [0.717, 1.165) is 22.8 Å². The molecular weight excluding hydrogens is 384 g/mol. The Kier molecular flexibility index (Phi) is 6.95. The van der Waals surface area contributed by atoms with Gasteiger partial charge in [0.15, 0.2) is 11.5 Å². The van der Waals surface area contributed by atoms with Crippen LogP contribution in [0.3, 0.4) is 0 Å². The molecule has 7 nitrogen and oxygen atoms in total. The second-order valence-electron chi connectivity index (χ2n) is 6.85. The molecule has 3 aromatic rings. The quantitative estimate of drug-likeness (QED) is 0.530. The van der Waals surface area contributed by atoms with E-state index in [2.05, 4.69) is 5.16 Å². The fourth-order valence-electron chi connectivity index (χ4n) is 2.92. The maximum atomic E-state index is 12.8. The number of methoxy groups -OCH3 is 1. The topological polar surface area (TPSA) is 74.0 Å². The smallest absolute Gasteiger partial charge is 0.253 e. The molecule has 0 saturated heterocycles. The number of nitrogens with zero attached hydrogens (tertiary/aromatic N) is 2. The van der Waals surface area contributed by atoms with E-state index >= 15 is 0 Å². The number of para-hydroxylation sites is 1. The average Bonchev–Trinajstić information content (AvgIpc) is 3.09. The first kappa shape index (κ1) is 21.2. The Morgan fingerprint density at radius 2 is 1.83 bits per heavy atom. The molecule has 0 atom stereocenters. The van der Waals surface area contributed by atoms with Crippen LogP contribution in [-0.2, 0) is 6.61 Å². The Morgan fingerprint density at radius 3 is 2.50 bits per heavy atom. The van der Waals surface area contributed by atoms with Crippen LogP contribution in [0.1, 0.15) is 27.4 Å². The molecule has 7 heteroatoms. The molecule has 1 heterocycles. The highest BCUT2D eigenvalue weighted by atomic mass is 16.5. The van der Waals surface area contributed by atoms with Crippen molar-refractivity contribution in [3.05, 3.63) is 71.1 Å². The molecule has 30 heavy (non-hydrogen) atoms. The van der Waals surface area contributed by atoms with Crippen LogP contribution < -0.4 is 14.2 Å². The lowest BCUT2D eigenvalue weighted by Gasteiger charge is -2.18. The summed E-state index contributed by atoms with van der Waals surface area (Å²) < 4.78 is 22.1. The number of ether oxygens (including phenoxy) is 3. The molecule has 0 fully saturated rings. The van der Waals surface area contributed by atoms with E-state index in [4.69, 9.17) is 18.7 Å². The predicted molar refractivity (Wildman–Crippen MR) is 112 cm³/mol. The number of carbonyl (C=O) groups is 1. The van der Waals surface area contributed by atoms with Gasteiger partial charge >= 0.3 is 0 Å². The summed E-state index contributed by atoms with van der Waals surface area (Å²) in [6.07, 6.45) is 0. The lowest BCUT2D eigenvalue weighted by Crippen LogP contribution is -2.30. The first-order chi connectivity index (χ1) is 14.5. The third-order valence-corrected chi connectivity index (χ3v) is 4.75. The van der Waals surface area contributed by atoms with Gasteiger partial charge in [-0.25, -0.2) is 0 Å². The van der Waals surface area contributed by atoms with Crippen molar-refractivity contribution in [1.82, 2.24) is 10.1 Å². The van der Waals surface area contributed by atoms with Crippen LogP contribution in [-0.4, -0.2) is 43.3 Å². The number of hydrogen-bond acceptors (Lipinski definition) is 6. The molecule has 0 aliphatic heterocycles. The Bertz CT molecular complexity index is 965. The summed E-state index contributed by atoms with van der Waals surface area (Å²) in [4.78, 5) is 14.4. The molecular formula is C23H26N2O5. The van der Waals surface area contributed by atoms with Gasteiger partial charge in [0, 0.05) is 12.6 Å². The predicted octanol–water partition coefficient (Wildman–Crippen LogP) is 4.03. The number of hydrogen-bond donors (Lipinski definition) is 0. The van der Waals surface area contributed by atoms with Gasteiger partial charge in [-0.15, -0.1) is 0 Å². The van der Waals surface area contributed by atoms with Crippen molar-refractivity contribution in [2.45, 2.75) is 20.5 Å². The zero-order chi connectivity index (χ0) is 21.5. The summed E-state index contributed by atoms with van der Waals surface area (Å²) in [6.45, 7) is 4.88. The van der Waals surface area contributed by atoms with Crippen molar-refractivity contribution in [2.75, 3.05) is 27.3 Å². The lowest BCUT2D eigenvalue weighted by atomic mass is 10.1. The van der Waals surface area contributed by atoms with Gasteiger partial charge < -0.3 is 23.6 Å². The fourth-order valence-corrected chi connectivity index (χ4v) is 2.92. The molecule has 0 saturated carbocycles. The van der Waals surface area contributed by atoms with Crippen LogP contribution in [0.2, 0.25) is 0 Å². The molecule has 0 aliphatic rings. The van der Waals surface area contributed by atoms with Crippen molar-refractivity contribution in [3.8, 4) is 17.2 Å². The summed E-state index contributed by atoms with van der Waals surface area (Å²) in [7, 11) is 3.29. The number of likely N-dealkylation sites (N-methyl/N-ethyl adjacent to an activating group) is 1. The van der Waals surface area contributed by atoms with Crippen molar-refractivity contribution in [1.29, 1.82) is 0 Å². The third-order valence-electron chi connectivity index (χ3n) is 4.75. The molecule has 0 radical (unpaired) electrons. The van der Waals surface area contributed by atoms with Gasteiger partial charge in [-0.2, -0.15) is 0 Å². The van der Waals surface area contributed by atoms with Gasteiger partial charge in [-0.05, 0) is 44.2 Å². The Balaban J connectivity index is 1.60. The molecule has 0 bridgehead atoms. The van der Waals surface area contributed by atoms with Gasteiger partial charge in [-0.3, -0.25) is 4.79 Å². The standard InChI is InChI=1S/C23H26N2O5/c1-16-20(17(2)30-24-16)15-29-21-11-10-18(14-22(21)27-4)23(26)25(3)12-13-28-19-8-6-5-7-9-19/h5-11,14H,12-13,15H2,1-4H3. The van der Waals surface area contributed by atoms with Crippen LogP contribution >= 0.6 is 0 Å². The Hall–Kier alpha value is -3.48. The number of aryl methyl sites for hydroxylation is 2. The maximum Gasteiger partial charge on any atom is 0.253 e. The normalized spacial score (nSPS) is 10.5. The van der Waals surface area contributed by atoms with Gasteiger partial charge in [0.1, 0.15) is 24.7 Å². The number of rotatable bonds is 9. The minimum Gasteiger partial charge on any atom is -0.493 e. The van der Waals surface area contributed by atoms with Crippen molar-refractivity contribution < 1.29 is 23.5 Å². The largest absolute Gasteiger partial charge is 0.493 e. The van der Waals surface area contributed by atoms with Gasteiger partial charge in [-0.1, -0.05) is 23.4 Å². The highest BCUT2D eigenvalue weighted by Gasteiger charge is 2.16. The van der Waals surface area contributed by atoms with E-state index in [1.165, 1.54) is 0 Å². The summed E-state index contributed by atoms with van der Waals surface area (Å²) >= 11 is 0. The van der Waals surface area contributed by atoms with E-state index < -0.39 is 0 Å². The molecule has 1 aromatic heterocycles. The lowest BCUT2D eigenvalue weighted by molar-refractivity contribution is 0.0773. The Labute approximate surface area is 176 Å². The summed E-state index contributed by atoms with van der Waals surface area (Å²) in [5.41, 5.74) is 2.20. The molecule has 2 aromatic carbocycles. The summed E-state index contributed by atoms with van der Waals surface area (Å²) in [5.74, 6) is 2.41. The van der Waals surface area contributed by atoms with Crippen molar-refractivity contribution in [3.63, 3.8) is 0 Å². The second-order valence-corrected chi connectivity index (χ2v) is 6.85. The number of aromatic nitrogens is 1. The summed E-state index contributed by atoms with van der Waals surface area (Å²) in [6, 6.07) is 14.7. The Morgan fingerprint density at radius 1 is 1.07 bits per heavy atom. The molecule has 0 aliphatic carbocycles. The van der Waals surface area contributed by atoms with E-state index in [1.54, 1.807) is 37.3 Å². The molecule has 1 amide bonds. The molecule has 0 unspecified atom stereocenters.